The van der Waals surface area contributed by atoms with Crippen LogP contribution in [0.4, 0.5) is 93.5 Å². The molecule has 54 heavy (non-hydrogen) atoms. The lowest BCUT2D eigenvalue weighted by Gasteiger charge is -2.42. The van der Waals surface area contributed by atoms with Gasteiger partial charge in [0.2, 0.25) is 0 Å². The summed E-state index contributed by atoms with van der Waals surface area (Å²) in [5, 5.41) is 0. The second kappa shape index (κ2) is 15.1. The van der Waals surface area contributed by atoms with Gasteiger partial charge in [-0.2, -0.15) is 0 Å². The van der Waals surface area contributed by atoms with E-state index in [9.17, 15) is 52.7 Å². The summed E-state index contributed by atoms with van der Waals surface area (Å²) in [6, 6.07) is 10.4. The Morgan fingerprint density at radius 3 is 0.593 bits per heavy atom. The number of para-hydroxylation sites is 1. The third kappa shape index (κ3) is 6.22. The third-order valence-corrected chi connectivity index (χ3v) is 13.5. The molecule has 0 aliphatic heterocycles. The van der Waals surface area contributed by atoms with Crippen LogP contribution in [0.25, 0.3) is 0 Å². The van der Waals surface area contributed by atoms with Crippen molar-refractivity contribution in [1.29, 1.82) is 0 Å². The molecule has 5 aromatic carbocycles. The van der Waals surface area contributed by atoms with E-state index in [0.29, 0.717) is 0 Å². The summed E-state index contributed by atoms with van der Waals surface area (Å²) in [6.07, 6.45) is 0. The highest BCUT2D eigenvalue weighted by Gasteiger charge is 2.55. The second-order valence-corrected chi connectivity index (χ2v) is 15.2. The van der Waals surface area contributed by atoms with Crippen LogP contribution in [0.3, 0.4) is 0 Å². The number of nitrogens with one attached hydrogen (secondary N) is 1. The van der Waals surface area contributed by atoms with Crippen molar-refractivity contribution in [2.75, 3.05) is 14.1 Å². The Kier molecular flexibility index (Phi) is 11.8. The summed E-state index contributed by atoms with van der Waals surface area (Å²) in [5.74, 6) is -70.8. The monoisotopic (exact) mass is 817 g/mol. The molecular formula is C32H12AlF20N. The van der Waals surface area contributed by atoms with Crippen molar-refractivity contribution >= 4 is 36.5 Å². The third-order valence-electron chi connectivity index (χ3n) is 8.06. The van der Waals surface area contributed by atoms with Crippen molar-refractivity contribution in [2.45, 2.75) is 0 Å². The van der Waals surface area contributed by atoms with Gasteiger partial charge in [-0.05, 0) is 12.1 Å². The normalized spacial score (nSPS) is 11.7. The van der Waals surface area contributed by atoms with Crippen molar-refractivity contribution in [3.8, 4) is 0 Å². The van der Waals surface area contributed by atoms with Crippen LogP contribution in [-0.2, 0) is 0 Å². The molecule has 0 spiro atoms. The summed E-state index contributed by atoms with van der Waals surface area (Å²) in [5.41, 5.74) is 1.33. The largest absolute Gasteiger partial charge is 0.307 e. The smallest absolute Gasteiger partial charge is 0.300 e. The maximum Gasteiger partial charge on any atom is 0.300 e. The van der Waals surface area contributed by atoms with Gasteiger partial charge in [0.1, 0.15) is 52.2 Å². The molecule has 5 aromatic rings. The maximum absolute atomic E-state index is 15.4. The average Bonchev–Trinajstić information content (AvgIpc) is 3.15. The molecule has 0 heterocycles. The molecule has 0 saturated heterocycles. The van der Waals surface area contributed by atoms with E-state index in [1.807, 2.05) is 6.07 Å². The van der Waals surface area contributed by atoms with Gasteiger partial charge >= 0.3 is 13.1 Å². The van der Waals surface area contributed by atoms with Crippen LogP contribution < -0.4 is 22.6 Å². The van der Waals surface area contributed by atoms with Crippen LogP contribution in [0.5, 0.6) is 0 Å². The molecule has 0 fully saturated rings. The van der Waals surface area contributed by atoms with Crippen LogP contribution in [0, 0.1) is 116 Å². The van der Waals surface area contributed by atoms with E-state index >= 15 is 35.1 Å². The maximum atomic E-state index is 15.4. The molecule has 0 radical (unpaired) electrons. The second-order valence-electron chi connectivity index (χ2n) is 11.2. The number of hydrogen-bond acceptors (Lipinski definition) is 0. The molecule has 0 aromatic heterocycles. The zero-order valence-electron chi connectivity index (χ0n) is 26.0. The van der Waals surface area contributed by atoms with Gasteiger partial charge in [0, 0.05) is 0 Å². The summed E-state index contributed by atoms with van der Waals surface area (Å²) < 4.78 is 280. The van der Waals surface area contributed by atoms with Gasteiger partial charge in [0.15, 0.2) is 69.8 Å². The van der Waals surface area contributed by atoms with Gasteiger partial charge < -0.3 is 4.90 Å². The van der Waals surface area contributed by atoms with Crippen LogP contribution >= 0.6 is 0 Å². The Hall–Kier alpha value is -4.81. The van der Waals surface area contributed by atoms with Crippen molar-refractivity contribution < 1.29 is 92.7 Å². The van der Waals surface area contributed by atoms with Crippen LogP contribution in [0.1, 0.15) is 0 Å². The van der Waals surface area contributed by atoms with Gasteiger partial charge in [0.25, 0.3) is 0 Å². The molecule has 0 aliphatic rings. The standard InChI is InChI=1S/C8H11N.4C6F5.Al/c1-9(2)8-6-4-3-5-7-8;4*7-2-1-3(8)5(10)6(11)4(2)9;/h3-7H,1-2H3;;;;;/q;;;;;-1/p+1. The minimum atomic E-state index is -9.08. The lowest BCUT2D eigenvalue weighted by molar-refractivity contribution is -0.786. The van der Waals surface area contributed by atoms with E-state index in [0.717, 1.165) is 0 Å². The number of benzene rings is 5. The first-order chi connectivity index (χ1) is 25.0. The number of quaternary nitrogens is 1. The van der Waals surface area contributed by atoms with Crippen molar-refractivity contribution in [1.82, 2.24) is 0 Å². The molecule has 288 valence electrons. The van der Waals surface area contributed by atoms with E-state index in [1.165, 1.54) is 10.6 Å². The Morgan fingerprint density at radius 1 is 0.278 bits per heavy atom. The topological polar surface area (TPSA) is 4.44 Å². The summed E-state index contributed by atoms with van der Waals surface area (Å²) in [4.78, 5) is 1.37. The minimum absolute atomic E-state index is 1.33. The van der Waals surface area contributed by atoms with Crippen LogP contribution in [-0.4, -0.2) is 27.2 Å². The molecule has 5 rings (SSSR count). The fourth-order valence-electron chi connectivity index (χ4n) is 5.65. The molecule has 0 aliphatic carbocycles. The fourth-order valence-corrected chi connectivity index (χ4v) is 11.4. The van der Waals surface area contributed by atoms with Crippen molar-refractivity contribution in [3.63, 3.8) is 0 Å². The summed E-state index contributed by atoms with van der Waals surface area (Å²) in [6.45, 7) is 0. The molecule has 0 bridgehead atoms. The first-order valence-corrected chi connectivity index (χ1v) is 16.4. The quantitative estimate of drug-likeness (QED) is 0.0920. The Morgan fingerprint density at radius 2 is 0.444 bits per heavy atom. The minimum Gasteiger partial charge on any atom is -0.307 e. The summed E-state index contributed by atoms with van der Waals surface area (Å²) >= 11 is -9.08. The molecule has 0 unspecified atom stereocenters. The van der Waals surface area contributed by atoms with Crippen molar-refractivity contribution in [2.24, 2.45) is 0 Å². The average molecular weight is 817 g/mol. The van der Waals surface area contributed by atoms with Gasteiger partial charge in [-0.25, -0.2) is 87.8 Å². The first-order valence-electron chi connectivity index (χ1n) is 14.1. The molecule has 0 saturated carbocycles. The zero-order chi connectivity index (χ0) is 41.0. The molecular weight excluding hydrogens is 805 g/mol. The van der Waals surface area contributed by atoms with Crippen molar-refractivity contribution in [3.05, 3.63) is 147 Å². The highest BCUT2D eigenvalue weighted by molar-refractivity contribution is 7.20. The van der Waals surface area contributed by atoms with E-state index in [1.54, 1.807) is 0 Å². The van der Waals surface area contributed by atoms with Gasteiger partial charge in [-0.3, -0.25) is 0 Å². The fraction of sp³-hybridized carbons (Fsp3) is 0.0625. The van der Waals surface area contributed by atoms with Gasteiger partial charge in [-0.15, -0.1) is 17.7 Å². The Balaban J connectivity index is 0.000000631. The van der Waals surface area contributed by atoms with Gasteiger partial charge in [-0.1, -0.05) is 18.2 Å². The highest BCUT2D eigenvalue weighted by atomic mass is 27.2. The van der Waals surface area contributed by atoms with E-state index in [2.05, 4.69) is 38.4 Å². The highest BCUT2D eigenvalue weighted by Crippen LogP contribution is 2.30. The van der Waals surface area contributed by atoms with Crippen LogP contribution in [0.15, 0.2) is 30.3 Å². The van der Waals surface area contributed by atoms with E-state index in [4.69, 9.17) is 0 Å². The SMILES string of the molecule is C[NH+](C)c1ccccc1.Fc1c(F)c(F)[c]([Al-]([c]2c(F)c(F)c(F)c(F)c2F)([c]2c(F)c(F)c(F)c(F)c2F)[c]2c(F)c(F)c(F)c(F)c2F)c(F)c1F. The molecule has 0 atom stereocenters. The predicted octanol–water partition coefficient (Wildman–Crippen LogP) is 6.31. The van der Waals surface area contributed by atoms with E-state index in [-0.39, 0.29) is 0 Å². The number of hydrogen-bond donors (Lipinski definition) is 1. The Labute approximate surface area is 290 Å². The van der Waals surface area contributed by atoms with Gasteiger partial charge in [0.05, 0.1) is 14.1 Å². The predicted molar refractivity (Wildman–Crippen MR) is 148 cm³/mol. The molecule has 0 amide bonds. The lowest BCUT2D eigenvalue weighted by atomic mass is 10.2. The molecule has 1 N–H and O–H groups in total. The Bertz CT molecular complexity index is 1930. The number of halogens is 20. The lowest BCUT2D eigenvalue weighted by Crippen LogP contribution is -3.00. The zero-order valence-corrected chi connectivity index (χ0v) is 27.2. The molecule has 22 heteroatoms. The van der Waals surface area contributed by atoms with E-state index < -0.39 is 147 Å². The molecule has 1 nitrogen and oxygen atoms in total. The van der Waals surface area contributed by atoms with Crippen LogP contribution in [0.2, 0.25) is 0 Å². The number of rotatable bonds is 5. The first kappa shape index (κ1) is 41.9. The summed E-state index contributed by atoms with van der Waals surface area (Å²) in [7, 11) is 4.24.